The highest BCUT2D eigenvalue weighted by atomic mass is 16.3. The van der Waals surface area contributed by atoms with Crippen molar-refractivity contribution in [1.82, 2.24) is 0 Å². The molecule has 0 aromatic rings. The SMILES string of the molecule is CCC(C)C(C)(O)C=O. The van der Waals surface area contributed by atoms with Crippen LogP contribution in [0.3, 0.4) is 0 Å². The molecule has 2 unspecified atom stereocenters. The van der Waals surface area contributed by atoms with Crippen LogP contribution in [0.5, 0.6) is 0 Å². The van der Waals surface area contributed by atoms with Crippen molar-refractivity contribution in [2.24, 2.45) is 5.92 Å². The molecule has 0 heterocycles. The van der Waals surface area contributed by atoms with Gasteiger partial charge in [0.1, 0.15) is 5.60 Å². The van der Waals surface area contributed by atoms with Crippen LogP contribution in [0.25, 0.3) is 0 Å². The van der Waals surface area contributed by atoms with Crippen molar-refractivity contribution in [1.29, 1.82) is 0 Å². The van der Waals surface area contributed by atoms with Gasteiger partial charge in [-0.25, -0.2) is 0 Å². The fourth-order valence-corrected chi connectivity index (χ4v) is 0.529. The molecule has 0 radical (unpaired) electrons. The van der Waals surface area contributed by atoms with Crippen molar-refractivity contribution in [3.63, 3.8) is 0 Å². The number of carbonyl (C=O) groups excluding carboxylic acids is 1. The quantitative estimate of drug-likeness (QED) is 0.578. The van der Waals surface area contributed by atoms with Crippen molar-refractivity contribution in [3.05, 3.63) is 0 Å². The van der Waals surface area contributed by atoms with Crippen LogP contribution in [-0.4, -0.2) is 17.0 Å². The summed E-state index contributed by atoms with van der Waals surface area (Å²) in [7, 11) is 0. The first-order valence-electron chi connectivity index (χ1n) is 3.23. The second-order valence-electron chi connectivity index (χ2n) is 2.65. The molecule has 0 rings (SSSR count). The van der Waals surface area contributed by atoms with E-state index in [4.69, 9.17) is 0 Å². The van der Waals surface area contributed by atoms with Crippen molar-refractivity contribution in [2.45, 2.75) is 32.8 Å². The maximum atomic E-state index is 10.2. The van der Waals surface area contributed by atoms with Gasteiger partial charge in [-0.3, -0.25) is 0 Å². The number of hydrogen-bond donors (Lipinski definition) is 1. The summed E-state index contributed by atoms with van der Waals surface area (Å²) in [4.78, 5) is 10.2. The molecule has 54 valence electrons. The monoisotopic (exact) mass is 130 g/mol. The molecule has 0 saturated carbocycles. The summed E-state index contributed by atoms with van der Waals surface area (Å²) in [6, 6.07) is 0. The lowest BCUT2D eigenvalue weighted by molar-refractivity contribution is -0.126. The Bertz CT molecular complexity index is 97.1. The predicted molar refractivity (Wildman–Crippen MR) is 36.1 cm³/mol. The molecule has 0 aliphatic rings. The lowest BCUT2D eigenvalue weighted by Crippen LogP contribution is -2.33. The molecule has 2 atom stereocenters. The Morgan fingerprint density at radius 2 is 2.22 bits per heavy atom. The van der Waals surface area contributed by atoms with Gasteiger partial charge < -0.3 is 9.90 Å². The number of aldehydes is 1. The van der Waals surface area contributed by atoms with Gasteiger partial charge in [-0.15, -0.1) is 0 Å². The highest BCUT2D eigenvalue weighted by molar-refractivity contribution is 5.61. The third kappa shape index (κ3) is 2.14. The first-order chi connectivity index (χ1) is 4.04. The molecule has 0 saturated heterocycles. The minimum absolute atomic E-state index is 0.0509. The van der Waals surface area contributed by atoms with E-state index < -0.39 is 5.60 Å². The standard InChI is InChI=1S/C7H14O2/c1-4-6(2)7(3,9)5-8/h5-6,9H,4H2,1-3H3. The Morgan fingerprint density at radius 1 is 1.78 bits per heavy atom. The van der Waals surface area contributed by atoms with E-state index in [2.05, 4.69) is 0 Å². The van der Waals surface area contributed by atoms with Crippen LogP contribution in [-0.2, 0) is 4.79 Å². The fraction of sp³-hybridized carbons (Fsp3) is 0.857. The molecule has 9 heavy (non-hydrogen) atoms. The molecule has 1 N–H and O–H groups in total. The second-order valence-corrected chi connectivity index (χ2v) is 2.65. The van der Waals surface area contributed by atoms with Gasteiger partial charge in [0.05, 0.1) is 0 Å². The van der Waals surface area contributed by atoms with Gasteiger partial charge in [0.2, 0.25) is 0 Å². The zero-order chi connectivity index (χ0) is 7.49. The third-order valence-electron chi connectivity index (χ3n) is 1.85. The maximum Gasteiger partial charge on any atom is 0.151 e. The summed E-state index contributed by atoms with van der Waals surface area (Å²) in [5, 5.41) is 9.22. The Hall–Kier alpha value is -0.370. The topological polar surface area (TPSA) is 37.3 Å². The zero-order valence-corrected chi connectivity index (χ0v) is 6.22. The van der Waals surface area contributed by atoms with Gasteiger partial charge >= 0.3 is 0 Å². The second kappa shape index (κ2) is 2.97. The third-order valence-corrected chi connectivity index (χ3v) is 1.85. The van der Waals surface area contributed by atoms with Gasteiger partial charge in [-0.2, -0.15) is 0 Å². The smallest absolute Gasteiger partial charge is 0.151 e. The number of rotatable bonds is 3. The minimum Gasteiger partial charge on any atom is -0.382 e. The summed E-state index contributed by atoms with van der Waals surface area (Å²) in [6.45, 7) is 5.34. The number of carbonyl (C=O) groups is 1. The predicted octanol–water partition coefficient (Wildman–Crippen LogP) is 0.982. The first-order valence-corrected chi connectivity index (χ1v) is 3.23. The summed E-state index contributed by atoms with van der Waals surface area (Å²) in [5.41, 5.74) is -1.13. The summed E-state index contributed by atoms with van der Waals surface area (Å²) < 4.78 is 0. The van der Waals surface area contributed by atoms with Crippen molar-refractivity contribution < 1.29 is 9.90 Å². The summed E-state index contributed by atoms with van der Waals surface area (Å²) >= 11 is 0. The highest BCUT2D eigenvalue weighted by Crippen LogP contribution is 2.16. The molecule has 0 amide bonds. The van der Waals surface area contributed by atoms with Gasteiger partial charge in [-0.05, 0) is 12.8 Å². The van der Waals surface area contributed by atoms with E-state index in [9.17, 15) is 9.90 Å². The van der Waals surface area contributed by atoms with Crippen LogP contribution < -0.4 is 0 Å². The van der Waals surface area contributed by atoms with Gasteiger partial charge in [0.15, 0.2) is 6.29 Å². The van der Waals surface area contributed by atoms with Crippen LogP contribution >= 0.6 is 0 Å². The number of hydrogen-bond acceptors (Lipinski definition) is 2. The Morgan fingerprint density at radius 3 is 2.33 bits per heavy atom. The average molecular weight is 130 g/mol. The molecular weight excluding hydrogens is 116 g/mol. The Kier molecular flexibility index (Phi) is 2.85. The molecule has 2 nitrogen and oxygen atoms in total. The maximum absolute atomic E-state index is 10.2. The summed E-state index contributed by atoms with van der Waals surface area (Å²) in [6.07, 6.45) is 1.42. The van der Waals surface area contributed by atoms with Crippen molar-refractivity contribution in [2.75, 3.05) is 0 Å². The molecule has 0 aromatic heterocycles. The van der Waals surface area contributed by atoms with Crippen molar-refractivity contribution in [3.8, 4) is 0 Å². The van der Waals surface area contributed by atoms with Crippen LogP contribution in [0.1, 0.15) is 27.2 Å². The van der Waals surface area contributed by atoms with Crippen LogP contribution in [0, 0.1) is 5.92 Å². The van der Waals surface area contributed by atoms with Crippen LogP contribution in [0.4, 0.5) is 0 Å². The van der Waals surface area contributed by atoms with Crippen LogP contribution in [0.15, 0.2) is 0 Å². The first kappa shape index (κ1) is 8.63. The van der Waals surface area contributed by atoms with E-state index >= 15 is 0 Å². The number of aliphatic hydroxyl groups is 1. The summed E-state index contributed by atoms with van der Waals surface area (Å²) in [5.74, 6) is 0.0509. The van der Waals surface area contributed by atoms with Crippen molar-refractivity contribution >= 4 is 6.29 Å². The van der Waals surface area contributed by atoms with E-state index in [1.54, 1.807) is 0 Å². The van der Waals surface area contributed by atoms with E-state index in [-0.39, 0.29) is 5.92 Å². The van der Waals surface area contributed by atoms with E-state index in [1.807, 2.05) is 13.8 Å². The molecule has 2 heteroatoms. The van der Waals surface area contributed by atoms with E-state index in [0.29, 0.717) is 6.29 Å². The van der Waals surface area contributed by atoms with E-state index in [1.165, 1.54) is 6.92 Å². The lowest BCUT2D eigenvalue weighted by atomic mass is 9.90. The Balaban J connectivity index is 3.95. The molecule has 0 bridgehead atoms. The largest absolute Gasteiger partial charge is 0.382 e. The van der Waals surface area contributed by atoms with Gasteiger partial charge in [0, 0.05) is 0 Å². The highest BCUT2D eigenvalue weighted by Gasteiger charge is 2.25. The van der Waals surface area contributed by atoms with Gasteiger partial charge in [-0.1, -0.05) is 20.3 Å². The minimum atomic E-state index is -1.13. The molecule has 0 aliphatic heterocycles. The molecule has 0 spiro atoms. The normalized spacial score (nSPS) is 20.4. The molecule has 0 aliphatic carbocycles. The zero-order valence-electron chi connectivity index (χ0n) is 6.22. The molecule has 0 aromatic carbocycles. The lowest BCUT2D eigenvalue weighted by Gasteiger charge is -2.22. The van der Waals surface area contributed by atoms with Gasteiger partial charge in [0.25, 0.3) is 0 Å². The van der Waals surface area contributed by atoms with E-state index in [0.717, 1.165) is 6.42 Å². The molecule has 0 fully saturated rings. The fourth-order valence-electron chi connectivity index (χ4n) is 0.529. The molecular formula is C7H14O2. The Labute approximate surface area is 55.9 Å². The van der Waals surface area contributed by atoms with Crippen LogP contribution in [0.2, 0.25) is 0 Å². The average Bonchev–Trinajstić information content (AvgIpc) is 1.86.